The molecular weight excluding hydrogens is 412 g/mol. The minimum absolute atomic E-state index is 0.261. The maximum atomic E-state index is 8.81. The molecule has 5 N–H and O–H groups in total. The summed E-state index contributed by atoms with van der Waals surface area (Å²) < 4.78 is 0. The molecule has 0 aliphatic carbocycles. The number of aromatic amines is 1. The van der Waals surface area contributed by atoms with Gasteiger partial charge in [0.15, 0.2) is 0 Å². The summed E-state index contributed by atoms with van der Waals surface area (Å²) in [5.74, 6) is 2.29. The molecule has 0 saturated heterocycles. The lowest BCUT2D eigenvalue weighted by Crippen LogP contribution is -2.39. The molecule has 0 bridgehead atoms. The van der Waals surface area contributed by atoms with E-state index in [0.717, 1.165) is 81.1 Å². The van der Waals surface area contributed by atoms with Gasteiger partial charge in [-0.05, 0) is 19.8 Å². The first-order chi connectivity index (χ1) is 15.0. The van der Waals surface area contributed by atoms with E-state index in [4.69, 9.17) is 22.0 Å². The number of unbranched alkanes of at least 4 members (excludes halogenated alkanes) is 5. The number of nitrogens with one attached hydrogen (secondary N) is 1. The van der Waals surface area contributed by atoms with Gasteiger partial charge in [-0.15, -0.1) is 9.98 Å². The number of aliphatic imine (C=N–C) groups is 2. The number of nitrogens with zero attached hydrogens (tertiary/aromatic N) is 7. The molecule has 0 atom stereocenters. The molecule has 0 radical (unpaired) electrons. The van der Waals surface area contributed by atoms with Gasteiger partial charge in [-0.2, -0.15) is 22.3 Å². The highest BCUT2D eigenvalue weighted by Crippen LogP contribution is 2.13. The van der Waals surface area contributed by atoms with Crippen molar-refractivity contribution in [2.75, 3.05) is 32.4 Å². The number of imidazole rings is 1. The smallest absolute Gasteiger partial charge is 0.209 e. The molecule has 170 valence electrons. The van der Waals surface area contributed by atoms with E-state index in [2.05, 4.69) is 20.0 Å². The van der Waals surface area contributed by atoms with Gasteiger partial charge in [0.25, 0.3) is 0 Å². The number of aryl methyl sites for hydroxylation is 1. The van der Waals surface area contributed by atoms with Gasteiger partial charge in [0.1, 0.15) is 0 Å². The quantitative estimate of drug-likeness (QED) is 0.169. The zero-order valence-corrected chi connectivity index (χ0v) is 19.4. The van der Waals surface area contributed by atoms with Crippen LogP contribution in [0.3, 0.4) is 0 Å². The molecule has 0 saturated carbocycles. The fraction of sp³-hybridized carbons (Fsp3) is 0.650. The average Bonchev–Trinajstić information content (AvgIpc) is 3.16. The molecule has 0 fully saturated rings. The van der Waals surface area contributed by atoms with Gasteiger partial charge in [0.05, 0.1) is 12.0 Å². The second-order valence-electron chi connectivity index (χ2n) is 7.20. The molecule has 1 heterocycles. The van der Waals surface area contributed by atoms with Crippen molar-refractivity contribution in [3.05, 3.63) is 17.7 Å². The van der Waals surface area contributed by atoms with Gasteiger partial charge in [0, 0.05) is 43.9 Å². The lowest BCUT2D eigenvalue weighted by Gasteiger charge is -2.22. The molecule has 1 rings (SSSR count). The van der Waals surface area contributed by atoms with Crippen molar-refractivity contribution in [2.45, 2.75) is 51.2 Å². The second-order valence-corrected chi connectivity index (χ2v) is 8.30. The fourth-order valence-corrected chi connectivity index (χ4v) is 3.93. The number of aromatic nitrogens is 2. The molecule has 11 heteroatoms. The normalized spacial score (nSPS) is 11.7. The lowest BCUT2D eigenvalue weighted by molar-refractivity contribution is 0.413. The third kappa shape index (κ3) is 11.2. The number of guanidine groups is 2. The van der Waals surface area contributed by atoms with E-state index in [0.29, 0.717) is 5.96 Å². The van der Waals surface area contributed by atoms with Crippen molar-refractivity contribution in [1.29, 1.82) is 10.5 Å². The number of nitrogens with two attached hydrogens (primary N) is 2. The lowest BCUT2D eigenvalue weighted by atomic mass is 10.1. The highest BCUT2D eigenvalue weighted by Gasteiger charge is 2.09. The number of thioether (sulfide) groups is 1. The standard InChI is InChI=1S/C20H34N10S/c1-17-18(28-16-27-17)13-31-12-11-30(20(24)26-15-22)10-8-6-4-3-5-7-9-29(2)19(23)25-14-21/h16H,3-13H2,1-2H3,(H2,23,25)(H2,24,26)(H,27,28). The summed E-state index contributed by atoms with van der Waals surface area (Å²) in [6.07, 6.45) is 11.7. The van der Waals surface area contributed by atoms with Crippen LogP contribution in [0.1, 0.15) is 49.9 Å². The van der Waals surface area contributed by atoms with Gasteiger partial charge in [-0.25, -0.2) is 4.98 Å². The van der Waals surface area contributed by atoms with Crippen LogP contribution >= 0.6 is 11.8 Å². The van der Waals surface area contributed by atoms with Crippen LogP contribution in [0.15, 0.2) is 16.3 Å². The van der Waals surface area contributed by atoms with Crippen LogP contribution in [-0.4, -0.2) is 64.1 Å². The van der Waals surface area contributed by atoms with Gasteiger partial charge >= 0.3 is 0 Å². The summed E-state index contributed by atoms with van der Waals surface area (Å²) in [5, 5.41) is 17.3. The van der Waals surface area contributed by atoms with E-state index in [1.165, 1.54) is 0 Å². The molecule has 0 amide bonds. The molecule has 0 aromatic carbocycles. The molecule has 31 heavy (non-hydrogen) atoms. The highest BCUT2D eigenvalue weighted by atomic mass is 32.2. The molecular formula is C20H34N10S. The number of H-pyrrole nitrogens is 1. The largest absolute Gasteiger partial charge is 0.369 e. The SMILES string of the molecule is Cc1[nH]cnc1CSCCN(CCCCCCCCN(C)C(N)=NC#N)C(N)=NC#N. The van der Waals surface area contributed by atoms with Crippen LogP contribution in [0.2, 0.25) is 0 Å². The first-order valence-electron chi connectivity index (χ1n) is 10.5. The van der Waals surface area contributed by atoms with E-state index >= 15 is 0 Å². The maximum absolute atomic E-state index is 8.81. The minimum atomic E-state index is 0.261. The summed E-state index contributed by atoms with van der Waals surface area (Å²) in [4.78, 5) is 18.4. The van der Waals surface area contributed by atoms with Crippen molar-refractivity contribution in [1.82, 2.24) is 19.8 Å². The van der Waals surface area contributed by atoms with Crippen LogP contribution in [0.4, 0.5) is 0 Å². The Labute approximate surface area is 189 Å². The maximum Gasteiger partial charge on any atom is 0.209 e. The van der Waals surface area contributed by atoms with Gasteiger partial charge in [0.2, 0.25) is 24.3 Å². The predicted octanol–water partition coefficient (Wildman–Crippen LogP) is 2.12. The second kappa shape index (κ2) is 15.9. The number of nitriles is 2. The molecule has 0 spiro atoms. The Morgan fingerprint density at radius 1 is 1.03 bits per heavy atom. The summed E-state index contributed by atoms with van der Waals surface area (Å²) >= 11 is 1.79. The topological polar surface area (TPSA) is 160 Å². The summed E-state index contributed by atoms with van der Waals surface area (Å²) in [5.41, 5.74) is 13.8. The third-order valence-electron chi connectivity index (χ3n) is 4.89. The Balaban J connectivity index is 2.21. The Morgan fingerprint density at radius 3 is 2.26 bits per heavy atom. The van der Waals surface area contributed by atoms with E-state index in [9.17, 15) is 0 Å². The molecule has 1 aromatic rings. The van der Waals surface area contributed by atoms with E-state index < -0.39 is 0 Å². The zero-order valence-electron chi connectivity index (χ0n) is 18.5. The number of hydrogen-bond acceptors (Lipinski definition) is 6. The Hall–Kier alpha value is -2.92. The number of rotatable bonds is 14. The van der Waals surface area contributed by atoms with Crippen LogP contribution in [-0.2, 0) is 5.75 Å². The average molecular weight is 447 g/mol. The Kier molecular flexibility index (Phi) is 13.4. The third-order valence-corrected chi connectivity index (χ3v) is 5.84. The predicted molar refractivity (Wildman–Crippen MR) is 126 cm³/mol. The first kappa shape index (κ1) is 26.1. The van der Waals surface area contributed by atoms with Crippen LogP contribution < -0.4 is 11.5 Å². The highest BCUT2D eigenvalue weighted by molar-refractivity contribution is 7.98. The number of hydrogen-bond donors (Lipinski definition) is 3. The Bertz CT molecular complexity index is 774. The fourth-order valence-electron chi connectivity index (χ4n) is 2.95. The van der Waals surface area contributed by atoms with Crippen molar-refractivity contribution in [3.8, 4) is 12.4 Å². The zero-order chi connectivity index (χ0) is 22.9. The Morgan fingerprint density at radius 2 is 1.65 bits per heavy atom. The van der Waals surface area contributed by atoms with Crippen LogP contribution in [0.5, 0.6) is 0 Å². The van der Waals surface area contributed by atoms with Crippen molar-refractivity contribution in [2.24, 2.45) is 21.5 Å². The van der Waals surface area contributed by atoms with Crippen LogP contribution in [0.25, 0.3) is 0 Å². The van der Waals surface area contributed by atoms with Crippen molar-refractivity contribution in [3.63, 3.8) is 0 Å². The van der Waals surface area contributed by atoms with E-state index in [1.807, 2.05) is 18.9 Å². The monoisotopic (exact) mass is 446 g/mol. The summed E-state index contributed by atoms with van der Waals surface area (Å²) in [6.45, 7) is 4.36. The van der Waals surface area contributed by atoms with Crippen molar-refractivity contribution < 1.29 is 0 Å². The summed E-state index contributed by atoms with van der Waals surface area (Å²) in [7, 11) is 1.84. The van der Waals surface area contributed by atoms with Crippen LogP contribution in [0, 0.1) is 29.8 Å². The minimum Gasteiger partial charge on any atom is -0.369 e. The first-order valence-corrected chi connectivity index (χ1v) is 11.6. The molecule has 0 unspecified atom stereocenters. The van der Waals surface area contributed by atoms with Gasteiger partial charge < -0.3 is 26.3 Å². The summed E-state index contributed by atoms with van der Waals surface area (Å²) in [6, 6.07) is 0. The molecule has 10 nitrogen and oxygen atoms in total. The molecule has 0 aliphatic rings. The van der Waals surface area contributed by atoms with Gasteiger partial charge in [-0.3, -0.25) is 0 Å². The van der Waals surface area contributed by atoms with E-state index in [1.54, 1.807) is 35.4 Å². The van der Waals surface area contributed by atoms with E-state index in [-0.39, 0.29) is 5.96 Å². The van der Waals surface area contributed by atoms with Gasteiger partial charge in [-0.1, -0.05) is 25.7 Å². The molecule has 0 aliphatic heterocycles. The van der Waals surface area contributed by atoms with Crippen molar-refractivity contribution >= 4 is 23.7 Å². The molecule has 1 aromatic heterocycles.